The van der Waals surface area contributed by atoms with Crippen molar-refractivity contribution >= 4 is 17.8 Å². The summed E-state index contributed by atoms with van der Waals surface area (Å²) in [5, 5.41) is 12.0. The number of amides is 2. The maximum Gasteiger partial charge on any atom is 0.243 e. The molecule has 0 unspecified atom stereocenters. The van der Waals surface area contributed by atoms with Gasteiger partial charge in [-0.15, -0.1) is 0 Å². The van der Waals surface area contributed by atoms with E-state index in [9.17, 15) is 9.59 Å². The maximum atomic E-state index is 12.1. The fourth-order valence-electron chi connectivity index (χ4n) is 2.48. The van der Waals surface area contributed by atoms with Crippen LogP contribution in [0.15, 0.2) is 0 Å². The largest absolute Gasteiger partial charge is 0.370 e. The van der Waals surface area contributed by atoms with Crippen LogP contribution >= 0.6 is 0 Å². The van der Waals surface area contributed by atoms with Gasteiger partial charge in [0.25, 0.3) is 0 Å². The molecule has 1 fully saturated rings. The van der Waals surface area contributed by atoms with Crippen LogP contribution in [0.5, 0.6) is 0 Å². The molecule has 120 valence electrons. The van der Waals surface area contributed by atoms with E-state index in [-0.39, 0.29) is 17.9 Å². The van der Waals surface area contributed by atoms with E-state index >= 15 is 0 Å². The fraction of sp³-hybridized carbons (Fsp3) is 0.769. The number of nitrogens with two attached hydrogens (primary N) is 2. The summed E-state index contributed by atoms with van der Waals surface area (Å²) in [6.07, 6.45) is 2.79. The third kappa shape index (κ3) is 5.68. The first-order valence-electron chi connectivity index (χ1n) is 7.38. The summed E-state index contributed by atoms with van der Waals surface area (Å²) >= 11 is 0. The number of nitrogens with one attached hydrogen (secondary N) is 3. The standard InChI is InChI=1S/C13H26N6O2/c1-2-19-8-4-6-10(19)12(21)18-11(20)9(14)5-3-7-17-13(15)16/h9-10H,2-8,14H2,1H3,(H4,15,16,17)(H,18,20,21)/t9-,10-/m0/s1. The molecule has 0 aromatic heterocycles. The molecule has 1 saturated heterocycles. The van der Waals surface area contributed by atoms with Gasteiger partial charge in [0, 0.05) is 6.54 Å². The number of likely N-dealkylation sites (N-methyl/N-ethyl adjacent to an activating group) is 1. The van der Waals surface area contributed by atoms with Crippen LogP contribution in [0.3, 0.4) is 0 Å². The molecule has 0 aliphatic carbocycles. The number of carbonyl (C=O) groups is 2. The van der Waals surface area contributed by atoms with E-state index in [2.05, 4.69) is 15.5 Å². The van der Waals surface area contributed by atoms with Crippen molar-refractivity contribution in [2.45, 2.75) is 44.7 Å². The van der Waals surface area contributed by atoms with Crippen LogP contribution in [-0.4, -0.2) is 54.4 Å². The number of nitrogens with zero attached hydrogens (tertiary/aromatic N) is 1. The second-order valence-electron chi connectivity index (χ2n) is 5.23. The zero-order valence-corrected chi connectivity index (χ0v) is 12.5. The number of guanidine groups is 1. The third-order valence-electron chi connectivity index (χ3n) is 3.66. The number of likely N-dealkylation sites (tertiary alicyclic amines) is 1. The predicted octanol–water partition coefficient (Wildman–Crippen LogP) is -1.30. The van der Waals surface area contributed by atoms with Crippen LogP contribution in [0.2, 0.25) is 0 Å². The molecular weight excluding hydrogens is 272 g/mol. The van der Waals surface area contributed by atoms with E-state index in [1.165, 1.54) is 0 Å². The Kier molecular flexibility index (Phi) is 7.10. The summed E-state index contributed by atoms with van der Waals surface area (Å²) in [7, 11) is 0. The molecule has 0 bridgehead atoms. The van der Waals surface area contributed by atoms with Gasteiger partial charge in [-0.05, 0) is 38.8 Å². The summed E-state index contributed by atoms with van der Waals surface area (Å²) < 4.78 is 0. The predicted molar refractivity (Wildman–Crippen MR) is 80.5 cm³/mol. The van der Waals surface area contributed by atoms with Gasteiger partial charge in [0.15, 0.2) is 5.96 Å². The normalized spacial score (nSPS) is 20.0. The molecule has 7 N–H and O–H groups in total. The highest BCUT2D eigenvalue weighted by Crippen LogP contribution is 2.16. The number of carbonyl (C=O) groups excluding carboxylic acids is 2. The van der Waals surface area contributed by atoms with Crippen molar-refractivity contribution in [3.8, 4) is 0 Å². The van der Waals surface area contributed by atoms with Crippen molar-refractivity contribution in [2.24, 2.45) is 11.5 Å². The van der Waals surface area contributed by atoms with Crippen LogP contribution < -0.4 is 22.1 Å². The Morgan fingerprint density at radius 1 is 1.48 bits per heavy atom. The van der Waals surface area contributed by atoms with Gasteiger partial charge in [0.2, 0.25) is 11.8 Å². The van der Waals surface area contributed by atoms with Gasteiger partial charge in [-0.2, -0.15) is 0 Å². The molecule has 8 heteroatoms. The van der Waals surface area contributed by atoms with Crippen molar-refractivity contribution in [1.82, 2.24) is 15.5 Å². The molecule has 8 nitrogen and oxygen atoms in total. The lowest BCUT2D eigenvalue weighted by Crippen LogP contribution is -2.50. The summed E-state index contributed by atoms with van der Waals surface area (Å²) in [5.41, 5.74) is 10.9. The van der Waals surface area contributed by atoms with Crippen molar-refractivity contribution in [2.75, 3.05) is 19.6 Å². The summed E-state index contributed by atoms with van der Waals surface area (Å²) in [5.74, 6) is -0.800. The summed E-state index contributed by atoms with van der Waals surface area (Å²) in [6.45, 7) is 4.18. The Morgan fingerprint density at radius 2 is 2.19 bits per heavy atom. The minimum Gasteiger partial charge on any atom is -0.370 e. The SMILES string of the molecule is CCN1CCC[C@H]1C(=O)NC(=O)[C@@H](N)CCCNC(=N)N. The van der Waals surface area contributed by atoms with E-state index in [0.717, 1.165) is 25.9 Å². The lowest BCUT2D eigenvalue weighted by molar-refractivity contribution is -0.133. The van der Waals surface area contributed by atoms with Crippen molar-refractivity contribution in [3.05, 3.63) is 0 Å². The van der Waals surface area contributed by atoms with Crippen molar-refractivity contribution < 1.29 is 9.59 Å². The van der Waals surface area contributed by atoms with Gasteiger partial charge in [0.1, 0.15) is 0 Å². The minimum absolute atomic E-state index is 0.107. The lowest BCUT2D eigenvalue weighted by Gasteiger charge is -2.22. The van der Waals surface area contributed by atoms with Gasteiger partial charge in [0.05, 0.1) is 12.1 Å². The van der Waals surface area contributed by atoms with E-state index < -0.39 is 11.9 Å². The second kappa shape index (κ2) is 8.58. The third-order valence-corrected chi connectivity index (χ3v) is 3.66. The molecule has 0 aromatic rings. The van der Waals surface area contributed by atoms with Crippen LogP contribution in [0.1, 0.15) is 32.6 Å². The topological polar surface area (TPSA) is 137 Å². The quantitative estimate of drug-likeness (QED) is 0.225. The van der Waals surface area contributed by atoms with Crippen LogP contribution in [0.4, 0.5) is 0 Å². The Morgan fingerprint density at radius 3 is 2.81 bits per heavy atom. The van der Waals surface area contributed by atoms with E-state index in [1.54, 1.807) is 0 Å². The second-order valence-corrected chi connectivity index (χ2v) is 5.23. The number of hydrogen-bond acceptors (Lipinski definition) is 5. The van der Waals surface area contributed by atoms with Crippen LogP contribution in [-0.2, 0) is 9.59 Å². The maximum absolute atomic E-state index is 12.1. The summed E-state index contributed by atoms with van der Waals surface area (Å²) in [6, 6.07) is -0.940. The Bertz CT molecular complexity index is 387. The molecular formula is C13H26N6O2. The zero-order chi connectivity index (χ0) is 15.8. The van der Waals surface area contributed by atoms with Crippen molar-refractivity contribution in [1.29, 1.82) is 5.41 Å². The molecule has 0 saturated carbocycles. The van der Waals surface area contributed by atoms with E-state index in [4.69, 9.17) is 16.9 Å². The molecule has 1 heterocycles. The highest BCUT2D eigenvalue weighted by Gasteiger charge is 2.31. The Hall–Kier alpha value is -1.67. The van der Waals surface area contributed by atoms with E-state index in [1.807, 2.05) is 6.92 Å². The molecule has 2 atom stereocenters. The molecule has 0 radical (unpaired) electrons. The highest BCUT2D eigenvalue weighted by molar-refractivity contribution is 5.99. The minimum atomic E-state index is -0.723. The first-order valence-corrected chi connectivity index (χ1v) is 7.38. The van der Waals surface area contributed by atoms with Gasteiger partial charge in [-0.25, -0.2) is 0 Å². The fourth-order valence-corrected chi connectivity index (χ4v) is 2.48. The molecule has 1 aliphatic rings. The van der Waals surface area contributed by atoms with Gasteiger partial charge in [-0.3, -0.25) is 25.2 Å². The molecule has 2 amide bonds. The average Bonchev–Trinajstić information content (AvgIpc) is 2.91. The zero-order valence-electron chi connectivity index (χ0n) is 12.5. The van der Waals surface area contributed by atoms with Crippen LogP contribution in [0, 0.1) is 5.41 Å². The average molecular weight is 298 g/mol. The molecule has 1 rings (SSSR count). The first-order chi connectivity index (χ1) is 9.95. The monoisotopic (exact) mass is 298 g/mol. The van der Waals surface area contributed by atoms with Gasteiger partial charge >= 0.3 is 0 Å². The first kappa shape index (κ1) is 17.4. The molecule has 0 spiro atoms. The highest BCUT2D eigenvalue weighted by atomic mass is 16.2. The number of rotatable bonds is 7. The van der Waals surface area contributed by atoms with E-state index in [0.29, 0.717) is 19.4 Å². The van der Waals surface area contributed by atoms with Gasteiger partial charge < -0.3 is 16.8 Å². The number of imide groups is 1. The van der Waals surface area contributed by atoms with Crippen LogP contribution in [0.25, 0.3) is 0 Å². The molecule has 0 aromatic carbocycles. The molecule has 1 aliphatic heterocycles. The Labute approximate surface area is 125 Å². The lowest BCUT2D eigenvalue weighted by atomic mass is 10.1. The molecule has 21 heavy (non-hydrogen) atoms. The number of hydrogen-bond donors (Lipinski definition) is 5. The smallest absolute Gasteiger partial charge is 0.243 e. The Balaban J connectivity index is 2.31. The van der Waals surface area contributed by atoms with Crippen molar-refractivity contribution in [3.63, 3.8) is 0 Å². The van der Waals surface area contributed by atoms with Gasteiger partial charge in [-0.1, -0.05) is 6.92 Å². The summed E-state index contributed by atoms with van der Waals surface area (Å²) in [4.78, 5) is 26.0.